The van der Waals surface area contributed by atoms with Crippen LogP contribution >= 0.6 is 0 Å². The quantitative estimate of drug-likeness (QED) is 0.353. The van der Waals surface area contributed by atoms with Crippen molar-refractivity contribution in [2.45, 2.75) is 26.7 Å². The molecule has 1 aliphatic heterocycles. The van der Waals surface area contributed by atoms with E-state index in [0.29, 0.717) is 12.1 Å². The maximum absolute atomic E-state index is 14.3. The van der Waals surface area contributed by atoms with Gasteiger partial charge in [0.25, 0.3) is 5.91 Å². The van der Waals surface area contributed by atoms with E-state index in [1.165, 1.54) is 12.1 Å². The van der Waals surface area contributed by atoms with Crippen LogP contribution in [0.2, 0.25) is 0 Å². The molecule has 0 aromatic heterocycles. The highest BCUT2D eigenvalue weighted by Crippen LogP contribution is 2.25. The summed E-state index contributed by atoms with van der Waals surface area (Å²) in [4.78, 5) is 19.1. The summed E-state index contributed by atoms with van der Waals surface area (Å²) in [5.74, 6) is -1.70. The maximum Gasteiger partial charge on any atom is 0.254 e. The van der Waals surface area contributed by atoms with Crippen LogP contribution in [-0.2, 0) is 6.42 Å². The van der Waals surface area contributed by atoms with Gasteiger partial charge in [-0.1, -0.05) is 0 Å². The highest BCUT2D eigenvalue weighted by Gasteiger charge is 2.23. The zero-order valence-electron chi connectivity index (χ0n) is 20.3. The molecule has 6 nitrogen and oxygen atoms in total. The third-order valence-electron chi connectivity index (χ3n) is 5.93. The van der Waals surface area contributed by atoms with Gasteiger partial charge in [-0.2, -0.15) is 0 Å². The Morgan fingerprint density at radius 3 is 2.68 bits per heavy atom. The predicted octanol–water partition coefficient (Wildman–Crippen LogP) is 4.55. The van der Waals surface area contributed by atoms with Gasteiger partial charge in [-0.05, 0) is 81.7 Å². The standard InChI is InChI=1S/C26H33F2N5O/c1-17(21-8-9-23(30-4)25(28)24(21)27)15-31-18(2)16-32-20-6-7-22-19(14-20)10-13-33(26(22)34)12-5-11-29-3/h6-9,14-15,29-30,32H,5,10-13,16H2,1-4H3/b17-15+,31-18+. The fourth-order valence-corrected chi connectivity index (χ4v) is 3.91. The number of anilines is 2. The average Bonchev–Trinajstić information content (AvgIpc) is 2.84. The summed E-state index contributed by atoms with van der Waals surface area (Å²) in [7, 11) is 3.46. The molecule has 1 amide bonds. The van der Waals surface area contributed by atoms with Crippen molar-refractivity contribution >= 4 is 28.6 Å². The molecule has 3 rings (SSSR count). The van der Waals surface area contributed by atoms with E-state index in [1.807, 2.05) is 37.1 Å². The fraction of sp³-hybridized carbons (Fsp3) is 0.385. The third kappa shape index (κ3) is 5.99. The van der Waals surface area contributed by atoms with Gasteiger partial charge in [0.1, 0.15) is 0 Å². The lowest BCUT2D eigenvalue weighted by atomic mass is 9.98. The Labute approximate surface area is 200 Å². The molecule has 34 heavy (non-hydrogen) atoms. The molecule has 0 spiro atoms. The van der Waals surface area contributed by atoms with Crippen LogP contribution in [0.25, 0.3) is 5.57 Å². The first kappa shape index (κ1) is 25.4. The van der Waals surface area contributed by atoms with Crippen molar-refractivity contribution in [3.8, 4) is 0 Å². The van der Waals surface area contributed by atoms with Crippen molar-refractivity contribution in [1.29, 1.82) is 0 Å². The van der Waals surface area contributed by atoms with E-state index < -0.39 is 11.6 Å². The summed E-state index contributed by atoms with van der Waals surface area (Å²) in [6.07, 6.45) is 3.31. The first-order valence-corrected chi connectivity index (χ1v) is 11.5. The summed E-state index contributed by atoms with van der Waals surface area (Å²) in [5.41, 5.74) is 4.35. The second kappa shape index (κ2) is 11.7. The molecule has 0 unspecified atom stereocenters. The molecule has 1 aliphatic rings. The molecule has 0 fully saturated rings. The summed E-state index contributed by atoms with van der Waals surface area (Å²) < 4.78 is 28.3. The summed E-state index contributed by atoms with van der Waals surface area (Å²) in [6, 6.07) is 8.85. The molecule has 0 saturated heterocycles. The first-order chi connectivity index (χ1) is 16.3. The van der Waals surface area contributed by atoms with Crippen LogP contribution in [0, 0.1) is 11.6 Å². The largest absolute Gasteiger partial charge is 0.386 e. The zero-order chi connectivity index (χ0) is 24.7. The van der Waals surface area contributed by atoms with Crippen LogP contribution in [-0.4, -0.2) is 56.8 Å². The highest BCUT2D eigenvalue weighted by molar-refractivity contribution is 5.97. The number of nitrogens with zero attached hydrogens (tertiary/aromatic N) is 2. The van der Waals surface area contributed by atoms with Crippen LogP contribution in [0.3, 0.4) is 0 Å². The molecule has 0 radical (unpaired) electrons. The van der Waals surface area contributed by atoms with Crippen molar-refractivity contribution in [2.24, 2.45) is 4.99 Å². The molecule has 0 atom stereocenters. The molecule has 3 N–H and O–H groups in total. The van der Waals surface area contributed by atoms with E-state index in [-0.39, 0.29) is 17.2 Å². The number of halogens is 2. The number of amides is 1. The Balaban J connectivity index is 1.61. The van der Waals surface area contributed by atoms with Crippen LogP contribution in [0.4, 0.5) is 20.2 Å². The van der Waals surface area contributed by atoms with Gasteiger partial charge in [-0.25, -0.2) is 8.78 Å². The molecule has 0 aliphatic carbocycles. The second-order valence-corrected chi connectivity index (χ2v) is 8.44. The van der Waals surface area contributed by atoms with E-state index >= 15 is 0 Å². The highest BCUT2D eigenvalue weighted by atomic mass is 19.2. The Bertz CT molecular complexity index is 1100. The molecule has 2 aromatic carbocycles. The van der Waals surface area contributed by atoms with Crippen molar-refractivity contribution < 1.29 is 13.6 Å². The number of fused-ring (bicyclic) bond motifs is 1. The van der Waals surface area contributed by atoms with E-state index in [9.17, 15) is 13.6 Å². The van der Waals surface area contributed by atoms with E-state index in [4.69, 9.17) is 0 Å². The minimum atomic E-state index is -0.901. The second-order valence-electron chi connectivity index (χ2n) is 8.44. The molecule has 182 valence electrons. The van der Waals surface area contributed by atoms with Gasteiger partial charge in [-0.3, -0.25) is 9.79 Å². The van der Waals surface area contributed by atoms with E-state index in [0.717, 1.165) is 55.0 Å². The number of hydrogen-bond donors (Lipinski definition) is 3. The first-order valence-electron chi connectivity index (χ1n) is 11.5. The monoisotopic (exact) mass is 469 g/mol. The van der Waals surface area contributed by atoms with Gasteiger partial charge in [0.05, 0.1) is 12.2 Å². The number of hydrogen-bond acceptors (Lipinski definition) is 5. The lowest BCUT2D eigenvalue weighted by molar-refractivity contribution is 0.0738. The zero-order valence-corrected chi connectivity index (χ0v) is 20.3. The Kier molecular flexibility index (Phi) is 8.76. The molecular formula is C26H33F2N5O. The van der Waals surface area contributed by atoms with E-state index in [1.54, 1.807) is 20.2 Å². The molecule has 2 aromatic rings. The van der Waals surface area contributed by atoms with Crippen molar-refractivity contribution in [2.75, 3.05) is 50.9 Å². The number of allylic oxidation sites excluding steroid dienone is 1. The topological polar surface area (TPSA) is 68.8 Å². The van der Waals surface area contributed by atoms with Gasteiger partial charge < -0.3 is 20.9 Å². The Morgan fingerprint density at radius 1 is 1.15 bits per heavy atom. The average molecular weight is 470 g/mol. The number of aliphatic imine (C=N–C) groups is 1. The Hall–Kier alpha value is -3.26. The van der Waals surface area contributed by atoms with Crippen molar-refractivity contribution in [3.05, 3.63) is 64.9 Å². The van der Waals surface area contributed by atoms with E-state index in [2.05, 4.69) is 20.9 Å². The fourth-order valence-electron chi connectivity index (χ4n) is 3.91. The number of nitrogens with one attached hydrogen (secondary N) is 3. The minimum Gasteiger partial charge on any atom is -0.386 e. The molecule has 8 heteroatoms. The minimum absolute atomic E-state index is 0.0914. The summed E-state index contributed by atoms with van der Waals surface area (Å²) in [6.45, 7) is 6.44. The maximum atomic E-state index is 14.3. The van der Waals surface area contributed by atoms with Crippen LogP contribution < -0.4 is 16.0 Å². The van der Waals surface area contributed by atoms with Crippen LogP contribution in [0.5, 0.6) is 0 Å². The number of benzene rings is 2. The van der Waals surface area contributed by atoms with Gasteiger partial charge in [0.15, 0.2) is 11.6 Å². The van der Waals surface area contributed by atoms with Gasteiger partial charge in [-0.15, -0.1) is 0 Å². The molecule has 1 heterocycles. The van der Waals surface area contributed by atoms with Crippen LogP contribution in [0.1, 0.15) is 41.8 Å². The smallest absolute Gasteiger partial charge is 0.254 e. The SMILES string of the molecule is CNCCCN1CCc2cc(NC/C(C)=N/C=C(\C)c3ccc(NC)c(F)c3F)ccc2C1=O. The lowest BCUT2D eigenvalue weighted by Crippen LogP contribution is -2.39. The van der Waals surface area contributed by atoms with Gasteiger partial charge >= 0.3 is 0 Å². The van der Waals surface area contributed by atoms with Gasteiger partial charge in [0.2, 0.25) is 0 Å². The lowest BCUT2D eigenvalue weighted by Gasteiger charge is -2.29. The number of carbonyl (C=O) groups is 1. The van der Waals surface area contributed by atoms with Crippen molar-refractivity contribution in [3.63, 3.8) is 0 Å². The molecule has 0 bridgehead atoms. The van der Waals surface area contributed by atoms with Crippen LogP contribution in [0.15, 0.2) is 41.5 Å². The summed E-state index contributed by atoms with van der Waals surface area (Å²) in [5, 5.41) is 9.06. The normalized spacial score (nSPS) is 14.3. The Morgan fingerprint density at radius 2 is 1.94 bits per heavy atom. The van der Waals surface area contributed by atoms with Crippen molar-refractivity contribution in [1.82, 2.24) is 10.2 Å². The van der Waals surface area contributed by atoms with Gasteiger partial charge in [0, 0.05) is 48.9 Å². The number of carbonyl (C=O) groups excluding carboxylic acids is 1. The molecule has 0 saturated carbocycles. The predicted molar refractivity (Wildman–Crippen MR) is 136 cm³/mol. The third-order valence-corrected chi connectivity index (χ3v) is 5.93. The number of rotatable bonds is 10. The molecular weight excluding hydrogens is 436 g/mol. The summed E-state index contributed by atoms with van der Waals surface area (Å²) >= 11 is 0.